The van der Waals surface area contributed by atoms with Crippen molar-refractivity contribution in [2.75, 3.05) is 19.8 Å². The number of carbonyl (C=O) groups is 2. The number of unbranched alkanes of at least 4 members (excludes halogenated alkanes) is 2. The molecule has 7 heteroatoms. The Bertz CT molecular complexity index is 1180. The molecule has 2 aromatic carbocycles. The van der Waals surface area contributed by atoms with Gasteiger partial charge in [-0.2, -0.15) is 0 Å². The Hall–Kier alpha value is -3.32. The Morgan fingerprint density at radius 2 is 1.95 bits per heavy atom. The van der Waals surface area contributed by atoms with E-state index in [0.717, 1.165) is 61.2 Å². The number of nitrogens with zero attached hydrogens (tertiary/aromatic N) is 1. The standard InChI is InChI=1S/C30H35NO6/c1-3-4-5-14-35-23-11-8-20(9-12-23)27-26(29(33)30(34)31(27)18-24-7-6-15-36-24)28(32)21-10-13-25-22(17-21)16-19(2)37-25/h8-13,17,19,24,27,32H,3-7,14-16,18H2,1-2H3/t19-,24+,27-/m1/s1. The molecule has 0 bridgehead atoms. The summed E-state index contributed by atoms with van der Waals surface area (Å²) in [5, 5.41) is 11.4. The average molecular weight is 506 g/mol. The molecule has 196 valence electrons. The molecule has 1 N–H and O–H groups in total. The van der Waals surface area contributed by atoms with Crippen molar-refractivity contribution in [3.8, 4) is 11.5 Å². The van der Waals surface area contributed by atoms with Gasteiger partial charge in [0.1, 0.15) is 23.4 Å². The number of Topliss-reactive ketones (excluding diaryl/α,β-unsaturated/α-hetero) is 1. The van der Waals surface area contributed by atoms with Gasteiger partial charge in [0.2, 0.25) is 0 Å². The van der Waals surface area contributed by atoms with Crippen molar-refractivity contribution in [2.24, 2.45) is 0 Å². The predicted octanol–water partition coefficient (Wildman–Crippen LogP) is 5.18. The molecular formula is C30H35NO6. The van der Waals surface area contributed by atoms with Crippen molar-refractivity contribution < 1.29 is 28.9 Å². The van der Waals surface area contributed by atoms with Crippen LogP contribution < -0.4 is 9.47 Å². The lowest BCUT2D eigenvalue weighted by molar-refractivity contribution is -0.140. The first kappa shape index (κ1) is 25.3. The molecule has 37 heavy (non-hydrogen) atoms. The summed E-state index contributed by atoms with van der Waals surface area (Å²) >= 11 is 0. The maximum atomic E-state index is 13.3. The molecule has 5 rings (SSSR count). The van der Waals surface area contributed by atoms with Gasteiger partial charge in [0.25, 0.3) is 11.7 Å². The van der Waals surface area contributed by atoms with Gasteiger partial charge in [-0.1, -0.05) is 31.9 Å². The van der Waals surface area contributed by atoms with Gasteiger partial charge in [-0.3, -0.25) is 9.59 Å². The highest BCUT2D eigenvalue weighted by molar-refractivity contribution is 6.46. The van der Waals surface area contributed by atoms with E-state index in [1.165, 1.54) is 0 Å². The van der Waals surface area contributed by atoms with Crippen LogP contribution in [-0.4, -0.2) is 53.7 Å². The molecule has 3 atom stereocenters. The third-order valence-electron chi connectivity index (χ3n) is 7.35. The fraction of sp³-hybridized carbons (Fsp3) is 0.467. The maximum absolute atomic E-state index is 13.3. The van der Waals surface area contributed by atoms with Gasteiger partial charge in [0.05, 0.1) is 24.3 Å². The quantitative estimate of drug-likeness (QED) is 0.219. The smallest absolute Gasteiger partial charge is 0.295 e. The highest BCUT2D eigenvalue weighted by Gasteiger charge is 2.47. The number of hydrogen-bond acceptors (Lipinski definition) is 6. The van der Waals surface area contributed by atoms with Gasteiger partial charge in [-0.25, -0.2) is 0 Å². The molecule has 1 amide bonds. The first-order chi connectivity index (χ1) is 18.0. The number of fused-ring (bicyclic) bond motifs is 1. The molecule has 2 aromatic rings. The monoisotopic (exact) mass is 505 g/mol. The number of rotatable bonds is 9. The third kappa shape index (κ3) is 5.23. The third-order valence-corrected chi connectivity index (χ3v) is 7.35. The average Bonchev–Trinajstić information content (AvgIpc) is 3.61. The zero-order valence-electron chi connectivity index (χ0n) is 21.6. The summed E-state index contributed by atoms with van der Waals surface area (Å²) in [6.07, 6.45) is 5.66. The second kappa shape index (κ2) is 11.0. The van der Waals surface area contributed by atoms with Gasteiger partial charge in [0, 0.05) is 25.1 Å². The molecule has 0 spiro atoms. The van der Waals surface area contributed by atoms with Gasteiger partial charge < -0.3 is 24.2 Å². The molecular weight excluding hydrogens is 470 g/mol. The predicted molar refractivity (Wildman–Crippen MR) is 140 cm³/mol. The largest absolute Gasteiger partial charge is 0.507 e. The molecule has 0 unspecified atom stereocenters. The molecule has 3 aliphatic heterocycles. The van der Waals surface area contributed by atoms with Crippen LogP contribution in [0.2, 0.25) is 0 Å². The van der Waals surface area contributed by atoms with Crippen LogP contribution in [0.25, 0.3) is 5.76 Å². The van der Waals surface area contributed by atoms with Gasteiger partial charge in [-0.05, 0) is 67.6 Å². The van der Waals surface area contributed by atoms with E-state index in [-0.39, 0.29) is 23.5 Å². The summed E-state index contributed by atoms with van der Waals surface area (Å²) in [7, 11) is 0. The zero-order chi connectivity index (χ0) is 25.9. The van der Waals surface area contributed by atoms with E-state index in [2.05, 4.69) is 6.92 Å². The van der Waals surface area contributed by atoms with Crippen molar-refractivity contribution in [3.63, 3.8) is 0 Å². The molecule has 0 saturated carbocycles. The van der Waals surface area contributed by atoms with Crippen LogP contribution in [0.3, 0.4) is 0 Å². The minimum Gasteiger partial charge on any atom is -0.507 e. The van der Waals surface area contributed by atoms with Crippen LogP contribution in [0, 0.1) is 0 Å². The summed E-state index contributed by atoms with van der Waals surface area (Å²) < 4.78 is 17.4. The highest BCUT2D eigenvalue weighted by atomic mass is 16.5. The lowest BCUT2D eigenvalue weighted by Crippen LogP contribution is -2.36. The second-order valence-corrected chi connectivity index (χ2v) is 10.2. The first-order valence-corrected chi connectivity index (χ1v) is 13.4. The Morgan fingerprint density at radius 1 is 1.14 bits per heavy atom. The number of benzene rings is 2. The van der Waals surface area contributed by atoms with E-state index >= 15 is 0 Å². The van der Waals surface area contributed by atoms with E-state index in [9.17, 15) is 14.7 Å². The van der Waals surface area contributed by atoms with Crippen molar-refractivity contribution in [1.82, 2.24) is 4.90 Å². The molecule has 0 aliphatic carbocycles. The van der Waals surface area contributed by atoms with E-state index in [4.69, 9.17) is 14.2 Å². The number of amides is 1. The number of ketones is 1. The summed E-state index contributed by atoms with van der Waals surface area (Å²) in [4.78, 5) is 28.2. The normalized spacial score (nSPS) is 24.4. The number of aliphatic hydroxyl groups excluding tert-OH is 1. The number of ether oxygens (including phenoxy) is 3. The van der Waals surface area contributed by atoms with Gasteiger partial charge >= 0.3 is 0 Å². The molecule has 2 saturated heterocycles. The van der Waals surface area contributed by atoms with Crippen LogP contribution >= 0.6 is 0 Å². The van der Waals surface area contributed by atoms with Crippen LogP contribution in [0.1, 0.15) is 68.7 Å². The van der Waals surface area contributed by atoms with Crippen LogP contribution in [-0.2, 0) is 20.7 Å². The fourth-order valence-corrected chi connectivity index (χ4v) is 5.44. The van der Waals surface area contributed by atoms with Crippen LogP contribution in [0.5, 0.6) is 11.5 Å². The minimum absolute atomic E-state index is 0.0621. The molecule has 0 aromatic heterocycles. The molecule has 2 fully saturated rings. The van der Waals surface area contributed by atoms with Crippen molar-refractivity contribution in [3.05, 3.63) is 64.7 Å². The number of carbonyl (C=O) groups excluding carboxylic acids is 2. The van der Waals surface area contributed by atoms with Gasteiger partial charge in [-0.15, -0.1) is 0 Å². The second-order valence-electron chi connectivity index (χ2n) is 10.2. The summed E-state index contributed by atoms with van der Waals surface area (Å²) in [5.74, 6) is 0.0728. The lowest BCUT2D eigenvalue weighted by Gasteiger charge is -2.27. The van der Waals surface area contributed by atoms with Crippen molar-refractivity contribution in [1.29, 1.82) is 0 Å². The zero-order valence-corrected chi connectivity index (χ0v) is 21.6. The molecule has 3 aliphatic rings. The SMILES string of the molecule is CCCCCOc1ccc([C@@H]2C(=C(O)c3ccc4c(c3)C[C@@H](C)O4)C(=O)C(=O)N2C[C@@H]2CCCO2)cc1. The molecule has 3 heterocycles. The minimum atomic E-state index is -0.707. The first-order valence-electron chi connectivity index (χ1n) is 13.4. The Morgan fingerprint density at radius 3 is 2.68 bits per heavy atom. The number of likely N-dealkylation sites (tertiary alicyclic amines) is 1. The van der Waals surface area contributed by atoms with E-state index in [1.54, 1.807) is 11.0 Å². The van der Waals surface area contributed by atoms with E-state index in [1.807, 2.05) is 43.3 Å². The van der Waals surface area contributed by atoms with Crippen molar-refractivity contribution in [2.45, 2.75) is 70.6 Å². The van der Waals surface area contributed by atoms with Crippen LogP contribution in [0.4, 0.5) is 0 Å². The summed E-state index contributed by atoms with van der Waals surface area (Å²) in [5.41, 5.74) is 2.34. The Labute approximate surface area is 218 Å². The Balaban J connectivity index is 1.49. The number of hydrogen-bond donors (Lipinski definition) is 1. The van der Waals surface area contributed by atoms with Gasteiger partial charge in [0.15, 0.2) is 0 Å². The molecule has 0 radical (unpaired) electrons. The fourth-order valence-electron chi connectivity index (χ4n) is 5.44. The lowest BCUT2D eigenvalue weighted by atomic mass is 9.94. The Kier molecular flexibility index (Phi) is 7.51. The number of aliphatic hydroxyl groups is 1. The van der Waals surface area contributed by atoms with Crippen molar-refractivity contribution >= 4 is 17.4 Å². The van der Waals surface area contributed by atoms with E-state index in [0.29, 0.717) is 25.3 Å². The molecule has 7 nitrogen and oxygen atoms in total. The summed E-state index contributed by atoms with van der Waals surface area (Å²) in [6, 6.07) is 12.2. The topological polar surface area (TPSA) is 85.3 Å². The highest BCUT2D eigenvalue weighted by Crippen LogP contribution is 2.41. The van der Waals surface area contributed by atoms with Crippen LogP contribution in [0.15, 0.2) is 48.0 Å². The van der Waals surface area contributed by atoms with E-state index < -0.39 is 17.7 Å². The maximum Gasteiger partial charge on any atom is 0.295 e. The summed E-state index contributed by atoms with van der Waals surface area (Å²) in [6.45, 7) is 5.74.